The number of hydrogen-bond acceptors (Lipinski definition) is 5. The van der Waals surface area contributed by atoms with E-state index >= 15 is 0 Å². The highest BCUT2D eigenvalue weighted by atomic mass is 28.3. The van der Waals surface area contributed by atoms with Crippen LogP contribution in [-0.4, -0.2) is 44.4 Å². The van der Waals surface area contributed by atoms with Crippen LogP contribution in [0.25, 0.3) is 27.8 Å². The van der Waals surface area contributed by atoms with Crippen molar-refractivity contribution < 1.29 is 9.13 Å². The van der Waals surface area contributed by atoms with Gasteiger partial charge < -0.3 is 4.74 Å². The Labute approximate surface area is 169 Å². The molecule has 0 saturated carbocycles. The Kier molecular flexibility index (Phi) is 5.25. The van der Waals surface area contributed by atoms with Gasteiger partial charge in [-0.15, -0.1) is 10.2 Å². The van der Waals surface area contributed by atoms with Gasteiger partial charge in [-0.1, -0.05) is 19.6 Å². The van der Waals surface area contributed by atoms with Crippen molar-refractivity contribution in [1.29, 1.82) is 0 Å². The van der Waals surface area contributed by atoms with Crippen molar-refractivity contribution in [3.63, 3.8) is 0 Å². The number of rotatable bonds is 7. The molecule has 0 aliphatic heterocycles. The van der Waals surface area contributed by atoms with Crippen LogP contribution in [0.4, 0.5) is 4.39 Å². The van der Waals surface area contributed by atoms with E-state index in [-0.39, 0.29) is 0 Å². The van der Waals surface area contributed by atoms with Crippen LogP contribution >= 0.6 is 0 Å². The van der Waals surface area contributed by atoms with E-state index in [1.165, 1.54) is 6.07 Å². The smallest absolute Gasteiger partial charge is 0.233 e. The van der Waals surface area contributed by atoms with Gasteiger partial charge in [-0.3, -0.25) is 0 Å². The maximum atomic E-state index is 13.2. The molecule has 0 saturated heterocycles. The summed E-state index contributed by atoms with van der Waals surface area (Å²) in [6.45, 7) is 8.03. The molecule has 0 bridgehead atoms. The van der Waals surface area contributed by atoms with Gasteiger partial charge in [-0.2, -0.15) is 14.6 Å². The minimum Gasteiger partial charge on any atom is -0.360 e. The Morgan fingerprint density at radius 3 is 2.62 bits per heavy atom. The van der Waals surface area contributed by atoms with Gasteiger partial charge in [0.15, 0.2) is 0 Å². The number of fused-ring (bicyclic) bond motifs is 1. The van der Waals surface area contributed by atoms with Gasteiger partial charge in [0.2, 0.25) is 5.95 Å². The summed E-state index contributed by atoms with van der Waals surface area (Å²) in [6.07, 6.45) is 5.40. The summed E-state index contributed by atoms with van der Waals surface area (Å²) >= 11 is 0. The Hall–Kier alpha value is -2.91. The van der Waals surface area contributed by atoms with Crippen molar-refractivity contribution in [3.05, 3.63) is 54.9 Å². The van der Waals surface area contributed by atoms with Crippen molar-refractivity contribution in [1.82, 2.24) is 29.8 Å². The molecule has 4 aromatic rings. The van der Waals surface area contributed by atoms with Gasteiger partial charge in [0, 0.05) is 38.0 Å². The van der Waals surface area contributed by atoms with E-state index in [9.17, 15) is 4.39 Å². The molecule has 9 heteroatoms. The topological polar surface area (TPSA) is 70.7 Å². The molecule has 4 rings (SSSR count). The number of halogens is 1. The highest BCUT2D eigenvalue weighted by Gasteiger charge is 2.17. The van der Waals surface area contributed by atoms with E-state index in [1.54, 1.807) is 23.1 Å². The van der Waals surface area contributed by atoms with Crippen LogP contribution in [0.3, 0.4) is 0 Å². The first-order chi connectivity index (χ1) is 13.9. The van der Waals surface area contributed by atoms with Gasteiger partial charge in [0.1, 0.15) is 6.73 Å². The van der Waals surface area contributed by atoms with Crippen LogP contribution in [0.5, 0.6) is 0 Å². The predicted molar refractivity (Wildman–Crippen MR) is 112 cm³/mol. The Morgan fingerprint density at radius 2 is 1.93 bits per heavy atom. The third-order valence-corrected chi connectivity index (χ3v) is 6.35. The van der Waals surface area contributed by atoms with E-state index in [2.05, 4.69) is 40.0 Å². The van der Waals surface area contributed by atoms with E-state index < -0.39 is 14.0 Å². The normalized spacial score (nSPS) is 12.0. The third kappa shape index (κ3) is 4.25. The fourth-order valence-corrected chi connectivity index (χ4v) is 3.85. The molecule has 150 valence electrons. The molecule has 0 atom stereocenters. The average Bonchev–Trinajstić information content (AvgIpc) is 3.35. The molecule has 0 radical (unpaired) electrons. The molecular formula is C20H23FN6OSi. The van der Waals surface area contributed by atoms with Crippen LogP contribution in [0, 0.1) is 5.95 Å². The summed E-state index contributed by atoms with van der Waals surface area (Å²) in [5.74, 6) is -0.607. The maximum absolute atomic E-state index is 13.2. The largest absolute Gasteiger partial charge is 0.360 e. The first-order valence-electron chi connectivity index (χ1n) is 9.48. The number of ether oxygens (including phenoxy) is 1. The maximum Gasteiger partial charge on any atom is 0.233 e. The first-order valence-corrected chi connectivity index (χ1v) is 13.2. The molecule has 0 fully saturated rings. The minimum absolute atomic E-state index is 0.348. The summed E-state index contributed by atoms with van der Waals surface area (Å²) in [7, 11) is -1.16. The van der Waals surface area contributed by atoms with Crippen molar-refractivity contribution in [2.24, 2.45) is 0 Å². The molecule has 0 aliphatic rings. The average molecular weight is 411 g/mol. The summed E-state index contributed by atoms with van der Waals surface area (Å²) in [5, 5.41) is 17.3. The third-order valence-electron chi connectivity index (χ3n) is 4.65. The van der Waals surface area contributed by atoms with Crippen LogP contribution in [0.15, 0.2) is 48.9 Å². The summed E-state index contributed by atoms with van der Waals surface area (Å²) in [5.41, 5.74) is 3.18. The monoisotopic (exact) mass is 410 g/mol. The first kappa shape index (κ1) is 19.4. The molecule has 0 unspecified atom stereocenters. The molecule has 0 aliphatic carbocycles. The predicted octanol–water partition coefficient (Wildman–Crippen LogP) is 4.13. The van der Waals surface area contributed by atoms with E-state index in [0.717, 1.165) is 28.2 Å². The summed E-state index contributed by atoms with van der Waals surface area (Å²) in [4.78, 5) is 0. The molecule has 0 amide bonds. The van der Waals surface area contributed by atoms with Crippen molar-refractivity contribution in [2.45, 2.75) is 32.4 Å². The quantitative estimate of drug-likeness (QED) is 0.338. The lowest BCUT2D eigenvalue weighted by molar-refractivity contribution is 0.0817. The van der Waals surface area contributed by atoms with Crippen molar-refractivity contribution in [3.8, 4) is 16.9 Å². The van der Waals surface area contributed by atoms with Gasteiger partial charge in [-0.25, -0.2) is 9.36 Å². The van der Waals surface area contributed by atoms with Crippen LogP contribution in [0.1, 0.15) is 0 Å². The van der Waals surface area contributed by atoms with Crippen molar-refractivity contribution >= 4 is 19.0 Å². The van der Waals surface area contributed by atoms with Crippen LogP contribution in [-0.2, 0) is 11.5 Å². The Balaban J connectivity index is 1.74. The molecule has 0 N–H and O–H groups in total. The second kappa shape index (κ2) is 7.84. The van der Waals surface area contributed by atoms with Gasteiger partial charge in [-0.05, 0) is 36.4 Å². The lowest BCUT2D eigenvalue weighted by Gasteiger charge is -2.16. The second-order valence-corrected chi connectivity index (χ2v) is 13.7. The molecule has 7 nitrogen and oxygen atoms in total. The van der Waals surface area contributed by atoms with E-state index in [4.69, 9.17) is 4.74 Å². The summed E-state index contributed by atoms with van der Waals surface area (Å²) in [6, 6.07) is 9.77. The lowest BCUT2D eigenvalue weighted by atomic mass is 10.1. The van der Waals surface area contributed by atoms with E-state index in [0.29, 0.717) is 19.0 Å². The standard InChI is InChI=1S/C20H23FN6OSi/c1-29(2,3)12-11-28-14-27-20-16(13-23-27)15(17-6-8-19(21)25-24-17)5-7-18(20)26-10-4-9-22-26/h4-10,13H,11-12,14H2,1-3H3. The molecule has 3 aromatic heterocycles. The fraction of sp³-hybridized carbons (Fsp3) is 0.300. The number of aromatic nitrogens is 6. The Morgan fingerprint density at radius 1 is 1.07 bits per heavy atom. The SMILES string of the molecule is C[Si](C)(C)CCOCn1ncc2c(-c3ccc(F)nn3)ccc(-n3cccn3)c21. The number of nitrogens with zero attached hydrogens (tertiary/aromatic N) is 6. The molecule has 1 aromatic carbocycles. The molecule has 3 heterocycles. The van der Waals surface area contributed by atoms with Gasteiger partial charge in [0.25, 0.3) is 0 Å². The molecular weight excluding hydrogens is 387 g/mol. The minimum atomic E-state index is -1.16. The molecule has 29 heavy (non-hydrogen) atoms. The van der Waals surface area contributed by atoms with Crippen LogP contribution in [0.2, 0.25) is 25.7 Å². The zero-order chi connectivity index (χ0) is 20.4. The zero-order valence-corrected chi connectivity index (χ0v) is 17.7. The summed E-state index contributed by atoms with van der Waals surface area (Å²) < 4.78 is 22.8. The van der Waals surface area contributed by atoms with Gasteiger partial charge in [0.05, 0.1) is 23.1 Å². The van der Waals surface area contributed by atoms with Crippen molar-refractivity contribution in [2.75, 3.05) is 6.61 Å². The highest BCUT2D eigenvalue weighted by Crippen LogP contribution is 2.31. The number of hydrogen-bond donors (Lipinski definition) is 0. The molecule has 0 spiro atoms. The number of benzene rings is 1. The van der Waals surface area contributed by atoms with Gasteiger partial charge >= 0.3 is 0 Å². The van der Waals surface area contributed by atoms with Crippen LogP contribution < -0.4 is 0 Å². The zero-order valence-electron chi connectivity index (χ0n) is 16.7. The highest BCUT2D eigenvalue weighted by molar-refractivity contribution is 6.76. The second-order valence-electron chi connectivity index (χ2n) is 8.08. The fourth-order valence-electron chi connectivity index (χ4n) is 3.09. The lowest BCUT2D eigenvalue weighted by Crippen LogP contribution is -2.22. The van der Waals surface area contributed by atoms with E-state index in [1.807, 2.05) is 29.1 Å². The Bertz CT molecular complexity index is 1100.